The smallest absolute Gasteiger partial charge is 0.225 e. The highest BCUT2D eigenvalue weighted by Gasteiger charge is 2.33. The third-order valence-corrected chi connectivity index (χ3v) is 4.90. The summed E-state index contributed by atoms with van der Waals surface area (Å²) in [4.78, 5) is 34.2. The summed E-state index contributed by atoms with van der Waals surface area (Å²) >= 11 is 0. The van der Waals surface area contributed by atoms with Crippen LogP contribution in [0.1, 0.15) is 17.8 Å². The largest absolute Gasteiger partial charge is 0.355 e. The van der Waals surface area contributed by atoms with E-state index in [-0.39, 0.29) is 24.2 Å². The number of carbonyl (C=O) groups is 2. The standard InChI is InChI=1S/C21H22N4O2/c26-20-12-16(14-25(20)13-15-6-2-1-3-7-15)21(27)22-11-10-19-23-17-8-4-5-9-18(17)24-19/h1-9,16H,10-14H2,(H,22,27)(H,23,24). The number of rotatable bonds is 6. The Kier molecular flexibility index (Phi) is 4.87. The van der Waals surface area contributed by atoms with Crippen molar-refractivity contribution in [3.63, 3.8) is 0 Å². The van der Waals surface area contributed by atoms with Gasteiger partial charge in [-0.2, -0.15) is 0 Å². The molecule has 0 bridgehead atoms. The molecule has 0 spiro atoms. The molecule has 1 aliphatic heterocycles. The number of benzene rings is 2. The average Bonchev–Trinajstić information content (AvgIpc) is 3.26. The first-order valence-corrected chi connectivity index (χ1v) is 9.22. The Morgan fingerprint density at radius 2 is 1.93 bits per heavy atom. The Morgan fingerprint density at radius 3 is 2.74 bits per heavy atom. The maximum atomic E-state index is 12.4. The lowest BCUT2D eigenvalue weighted by Gasteiger charge is -2.16. The molecule has 2 amide bonds. The van der Waals surface area contributed by atoms with Crippen molar-refractivity contribution in [2.75, 3.05) is 13.1 Å². The number of fused-ring (bicyclic) bond motifs is 1. The van der Waals surface area contributed by atoms with E-state index in [0.29, 0.717) is 26.1 Å². The zero-order chi connectivity index (χ0) is 18.6. The molecule has 4 rings (SSSR count). The van der Waals surface area contributed by atoms with Crippen LogP contribution < -0.4 is 5.32 Å². The number of likely N-dealkylation sites (tertiary alicyclic amines) is 1. The van der Waals surface area contributed by atoms with Gasteiger partial charge in [-0.25, -0.2) is 4.98 Å². The lowest BCUT2D eigenvalue weighted by molar-refractivity contribution is -0.129. The predicted octanol–water partition coefficient (Wildman–Crippen LogP) is 2.27. The van der Waals surface area contributed by atoms with Gasteiger partial charge in [0.25, 0.3) is 0 Å². The van der Waals surface area contributed by atoms with E-state index >= 15 is 0 Å². The number of para-hydroxylation sites is 2. The van der Waals surface area contributed by atoms with E-state index in [1.165, 1.54) is 0 Å². The van der Waals surface area contributed by atoms with E-state index < -0.39 is 0 Å². The average molecular weight is 362 g/mol. The van der Waals surface area contributed by atoms with Crippen LogP contribution in [0.5, 0.6) is 0 Å². The van der Waals surface area contributed by atoms with Crippen molar-refractivity contribution in [3.8, 4) is 0 Å². The molecular weight excluding hydrogens is 340 g/mol. The highest BCUT2D eigenvalue weighted by atomic mass is 16.2. The zero-order valence-corrected chi connectivity index (χ0v) is 15.0. The first-order valence-electron chi connectivity index (χ1n) is 9.22. The summed E-state index contributed by atoms with van der Waals surface area (Å²) in [7, 11) is 0. The third-order valence-electron chi connectivity index (χ3n) is 4.90. The summed E-state index contributed by atoms with van der Waals surface area (Å²) in [6.07, 6.45) is 0.915. The maximum Gasteiger partial charge on any atom is 0.225 e. The van der Waals surface area contributed by atoms with Gasteiger partial charge in [-0.3, -0.25) is 9.59 Å². The monoisotopic (exact) mass is 362 g/mol. The van der Waals surface area contributed by atoms with E-state index in [1.807, 2.05) is 54.6 Å². The number of hydrogen-bond acceptors (Lipinski definition) is 3. The lowest BCUT2D eigenvalue weighted by Crippen LogP contribution is -2.34. The van der Waals surface area contributed by atoms with Crippen molar-refractivity contribution in [2.45, 2.75) is 19.4 Å². The van der Waals surface area contributed by atoms with E-state index in [1.54, 1.807) is 4.90 Å². The Labute approximate surface area is 157 Å². The van der Waals surface area contributed by atoms with Crippen molar-refractivity contribution in [1.29, 1.82) is 0 Å². The predicted molar refractivity (Wildman–Crippen MR) is 103 cm³/mol. The highest BCUT2D eigenvalue weighted by Crippen LogP contribution is 2.20. The summed E-state index contributed by atoms with van der Waals surface area (Å²) in [5.74, 6) is 0.549. The van der Waals surface area contributed by atoms with Gasteiger partial charge in [0.05, 0.1) is 17.0 Å². The first kappa shape index (κ1) is 17.3. The van der Waals surface area contributed by atoms with E-state index in [0.717, 1.165) is 22.4 Å². The van der Waals surface area contributed by atoms with Crippen LogP contribution in [0, 0.1) is 5.92 Å². The van der Waals surface area contributed by atoms with Crippen LogP contribution in [0.25, 0.3) is 11.0 Å². The molecule has 1 aromatic heterocycles. The van der Waals surface area contributed by atoms with Crippen LogP contribution >= 0.6 is 0 Å². The summed E-state index contributed by atoms with van der Waals surface area (Å²) in [6, 6.07) is 17.7. The van der Waals surface area contributed by atoms with E-state index in [9.17, 15) is 9.59 Å². The Hall–Kier alpha value is -3.15. The molecular formula is C21H22N4O2. The molecule has 0 radical (unpaired) electrons. The van der Waals surface area contributed by atoms with Gasteiger partial charge in [0.15, 0.2) is 0 Å². The van der Waals surface area contributed by atoms with Gasteiger partial charge in [0.2, 0.25) is 11.8 Å². The summed E-state index contributed by atoms with van der Waals surface area (Å²) in [5, 5.41) is 2.94. The number of aromatic nitrogens is 2. The molecule has 3 aromatic rings. The molecule has 1 unspecified atom stereocenters. The fourth-order valence-corrected chi connectivity index (χ4v) is 3.48. The number of hydrogen-bond donors (Lipinski definition) is 2. The van der Waals surface area contributed by atoms with Crippen molar-refractivity contribution >= 4 is 22.8 Å². The number of nitrogens with zero attached hydrogens (tertiary/aromatic N) is 2. The van der Waals surface area contributed by atoms with Gasteiger partial charge in [0, 0.05) is 32.5 Å². The van der Waals surface area contributed by atoms with Crippen LogP contribution in [0.2, 0.25) is 0 Å². The number of nitrogens with one attached hydrogen (secondary N) is 2. The second-order valence-corrected chi connectivity index (χ2v) is 6.90. The van der Waals surface area contributed by atoms with Gasteiger partial charge in [-0.15, -0.1) is 0 Å². The molecule has 2 N–H and O–H groups in total. The third kappa shape index (κ3) is 4.00. The second kappa shape index (κ2) is 7.61. The molecule has 1 fully saturated rings. The van der Waals surface area contributed by atoms with Gasteiger partial charge in [-0.1, -0.05) is 42.5 Å². The minimum Gasteiger partial charge on any atom is -0.355 e. The van der Waals surface area contributed by atoms with Crippen molar-refractivity contribution in [1.82, 2.24) is 20.2 Å². The molecule has 2 aromatic carbocycles. The number of carbonyl (C=O) groups excluding carboxylic acids is 2. The minimum absolute atomic E-state index is 0.0382. The molecule has 6 heteroatoms. The molecule has 1 aliphatic rings. The number of imidazole rings is 1. The minimum atomic E-state index is -0.281. The number of aromatic amines is 1. The Bertz CT molecular complexity index is 918. The van der Waals surface area contributed by atoms with Crippen molar-refractivity contribution < 1.29 is 9.59 Å². The number of H-pyrrole nitrogens is 1. The van der Waals surface area contributed by atoms with Crippen LogP contribution in [-0.4, -0.2) is 39.8 Å². The fourth-order valence-electron chi connectivity index (χ4n) is 3.48. The Balaban J connectivity index is 1.27. The van der Waals surface area contributed by atoms with Crippen LogP contribution in [0.15, 0.2) is 54.6 Å². The van der Waals surface area contributed by atoms with Crippen LogP contribution in [-0.2, 0) is 22.6 Å². The topological polar surface area (TPSA) is 78.1 Å². The van der Waals surface area contributed by atoms with Crippen LogP contribution in [0.3, 0.4) is 0 Å². The van der Waals surface area contributed by atoms with Crippen molar-refractivity contribution in [2.24, 2.45) is 5.92 Å². The first-order chi connectivity index (χ1) is 13.2. The molecule has 0 saturated carbocycles. The number of amides is 2. The molecule has 6 nitrogen and oxygen atoms in total. The quantitative estimate of drug-likeness (QED) is 0.706. The van der Waals surface area contributed by atoms with E-state index in [2.05, 4.69) is 15.3 Å². The lowest BCUT2D eigenvalue weighted by atomic mass is 10.1. The SMILES string of the molecule is O=C(NCCc1nc2ccccc2[nH]1)C1CC(=O)N(Cc2ccccc2)C1. The Morgan fingerprint density at radius 1 is 1.15 bits per heavy atom. The van der Waals surface area contributed by atoms with Gasteiger partial charge in [0.1, 0.15) is 5.82 Å². The van der Waals surface area contributed by atoms with Gasteiger partial charge >= 0.3 is 0 Å². The zero-order valence-electron chi connectivity index (χ0n) is 15.0. The van der Waals surface area contributed by atoms with E-state index in [4.69, 9.17) is 0 Å². The van der Waals surface area contributed by atoms with Crippen molar-refractivity contribution in [3.05, 3.63) is 66.0 Å². The molecule has 2 heterocycles. The molecule has 0 aliphatic carbocycles. The normalized spacial score (nSPS) is 16.8. The van der Waals surface area contributed by atoms with Gasteiger partial charge in [-0.05, 0) is 17.7 Å². The molecule has 1 saturated heterocycles. The molecule has 138 valence electrons. The molecule has 27 heavy (non-hydrogen) atoms. The summed E-state index contributed by atoms with van der Waals surface area (Å²) in [5.41, 5.74) is 3.00. The fraction of sp³-hybridized carbons (Fsp3) is 0.286. The highest BCUT2D eigenvalue weighted by molar-refractivity contribution is 5.89. The van der Waals surface area contributed by atoms with Gasteiger partial charge < -0.3 is 15.2 Å². The second-order valence-electron chi connectivity index (χ2n) is 6.90. The maximum absolute atomic E-state index is 12.4. The summed E-state index contributed by atoms with van der Waals surface area (Å²) in [6.45, 7) is 1.54. The van der Waals surface area contributed by atoms with Crippen LogP contribution in [0.4, 0.5) is 0 Å². The molecule has 1 atom stereocenters. The summed E-state index contributed by atoms with van der Waals surface area (Å²) < 4.78 is 0.